The first kappa shape index (κ1) is 18.4. The van der Waals surface area contributed by atoms with Crippen molar-refractivity contribution in [3.8, 4) is 0 Å². The van der Waals surface area contributed by atoms with E-state index in [1.807, 2.05) is 0 Å². The van der Waals surface area contributed by atoms with E-state index < -0.39 is 32.6 Å². The molecular weight excluding hydrogens is 352 g/mol. The summed E-state index contributed by atoms with van der Waals surface area (Å²) in [6, 6.07) is 7.45. The average Bonchev–Trinajstić information content (AvgIpc) is 2.54. The molecular formula is C16H15F2N3O3S. The van der Waals surface area contributed by atoms with Crippen LogP contribution in [-0.4, -0.2) is 21.0 Å². The number of carbonyl (C=O) groups excluding carboxylic acids is 1. The number of anilines is 2. The number of hydrogen-bond acceptors (Lipinski definition) is 3. The molecule has 2 aromatic carbocycles. The van der Waals surface area contributed by atoms with E-state index in [4.69, 9.17) is 0 Å². The Morgan fingerprint density at radius 2 is 1.72 bits per heavy atom. The van der Waals surface area contributed by atoms with Gasteiger partial charge in [0.15, 0.2) is 0 Å². The van der Waals surface area contributed by atoms with Crippen LogP contribution in [-0.2, 0) is 10.0 Å². The number of sulfonamides is 1. The number of carbonyl (C=O) groups is 1. The SMILES string of the molecule is C=CCNC(=O)Nc1ccc(NS(=O)(=O)c2ccc(F)cc2F)cc1. The highest BCUT2D eigenvalue weighted by atomic mass is 32.2. The Morgan fingerprint density at radius 3 is 2.32 bits per heavy atom. The minimum absolute atomic E-state index is 0.153. The molecule has 0 aliphatic rings. The lowest BCUT2D eigenvalue weighted by molar-refractivity contribution is 0.253. The lowest BCUT2D eigenvalue weighted by Gasteiger charge is -2.10. The molecule has 0 spiro atoms. The third-order valence-corrected chi connectivity index (χ3v) is 4.40. The standard InChI is InChI=1S/C16H15F2N3O3S/c1-2-9-19-16(22)20-12-4-6-13(7-5-12)21-25(23,24)15-8-3-11(17)10-14(15)18/h2-8,10,21H,1,9H2,(H2,19,20,22). The van der Waals surface area contributed by atoms with E-state index in [0.717, 1.165) is 12.1 Å². The van der Waals surface area contributed by atoms with Gasteiger partial charge in [-0.2, -0.15) is 0 Å². The summed E-state index contributed by atoms with van der Waals surface area (Å²) >= 11 is 0. The highest BCUT2D eigenvalue weighted by Crippen LogP contribution is 2.21. The van der Waals surface area contributed by atoms with Crippen molar-refractivity contribution >= 4 is 27.4 Å². The largest absolute Gasteiger partial charge is 0.334 e. The first-order valence-electron chi connectivity index (χ1n) is 7.05. The number of rotatable bonds is 6. The molecule has 2 amide bonds. The Hall–Kier alpha value is -2.94. The molecule has 0 fully saturated rings. The molecule has 25 heavy (non-hydrogen) atoms. The summed E-state index contributed by atoms with van der Waals surface area (Å²) in [6.45, 7) is 3.76. The van der Waals surface area contributed by atoms with Gasteiger partial charge in [-0.1, -0.05) is 6.08 Å². The van der Waals surface area contributed by atoms with E-state index in [0.29, 0.717) is 18.3 Å². The predicted octanol–water partition coefficient (Wildman–Crippen LogP) is 3.07. The van der Waals surface area contributed by atoms with E-state index in [9.17, 15) is 22.0 Å². The third-order valence-electron chi connectivity index (χ3n) is 2.99. The highest BCUT2D eigenvalue weighted by molar-refractivity contribution is 7.92. The minimum Gasteiger partial charge on any atom is -0.334 e. The summed E-state index contributed by atoms with van der Waals surface area (Å²) in [5, 5.41) is 5.05. The van der Waals surface area contributed by atoms with E-state index in [-0.39, 0.29) is 5.69 Å². The number of benzene rings is 2. The summed E-state index contributed by atoms with van der Waals surface area (Å²) < 4.78 is 53.0. The molecule has 0 bridgehead atoms. The fraction of sp³-hybridized carbons (Fsp3) is 0.0625. The van der Waals surface area contributed by atoms with Gasteiger partial charge >= 0.3 is 6.03 Å². The summed E-state index contributed by atoms with van der Waals surface area (Å²) in [6.07, 6.45) is 1.52. The number of amides is 2. The molecule has 0 saturated carbocycles. The molecule has 132 valence electrons. The Balaban J connectivity index is 2.09. The Labute approximate surface area is 143 Å². The molecule has 3 N–H and O–H groups in total. The van der Waals surface area contributed by atoms with Crippen LogP contribution in [0.3, 0.4) is 0 Å². The zero-order chi connectivity index (χ0) is 18.4. The predicted molar refractivity (Wildman–Crippen MR) is 90.8 cm³/mol. The molecule has 2 rings (SSSR count). The van der Waals surface area contributed by atoms with Gasteiger partial charge in [-0.25, -0.2) is 22.0 Å². The average molecular weight is 367 g/mol. The minimum atomic E-state index is -4.21. The maximum atomic E-state index is 13.6. The first-order chi connectivity index (χ1) is 11.8. The number of urea groups is 1. The van der Waals surface area contributed by atoms with Gasteiger partial charge in [0.05, 0.1) is 0 Å². The Kier molecular flexibility index (Phi) is 5.71. The van der Waals surface area contributed by atoms with Crippen LogP contribution in [0.2, 0.25) is 0 Å². The van der Waals surface area contributed by atoms with Crippen molar-refractivity contribution in [2.45, 2.75) is 4.90 Å². The monoisotopic (exact) mass is 367 g/mol. The van der Waals surface area contributed by atoms with Crippen LogP contribution in [0.4, 0.5) is 25.0 Å². The van der Waals surface area contributed by atoms with Gasteiger partial charge in [-0.3, -0.25) is 4.72 Å². The fourth-order valence-corrected chi connectivity index (χ4v) is 2.98. The second kappa shape index (κ2) is 7.75. The van der Waals surface area contributed by atoms with Crippen LogP contribution in [0.5, 0.6) is 0 Å². The van der Waals surface area contributed by atoms with Crippen molar-refractivity contribution in [2.75, 3.05) is 16.6 Å². The maximum absolute atomic E-state index is 13.6. The van der Waals surface area contributed by atoms with Crippen LogP contribution in [0.15, 0.2) is 60.0 Å². The number of hydrogen-bond donors (Lipinski definition) is 3. The first-order valence-corrected chi connectivity index (χ1v) is 8.54. The summed E-state index contributed by atoms with van der Waals surface area (Å²) in [5.74, 6) is -2.06. The molecule has 0 aliphatic carbocycles. The lowest BCUT2D eigenvalue weighted by atomic mass is 10.3. The van der Waals surface area contributed by atoms with Gasteiger partial charge < -0.3 is 10.6 Å². The molecule has 0 saturated heterocycles. The molecule has 0 radical (unpaired) electrons. The van der Waals surface area contributed by atoms with Crippen molar-refractivity contribution in [1.29, 1.82) is 0 Å². The van der Waals surface area contributed by atoms with Crippen LogP contribution < -0.4 is 15.4 Å². The van der Waals surface area contributed by atoms with E-state index in [1.54, 1.807) is 0 Å². The molecule has 0 heterocycles. The Bertz CT molecular complexity index is 884. The van der Waals surface area contributed by atoms with Crippen LogP contribution >= 0.6 is 0 Å². The van der Waals surface area contributed by atoms with Gasteiger partial charge in [0.1, 0.15) is 16.5 Å². The van der Waals surface area contributed by atoms with Gasteiger partial charge in [0.25, 0.3) is 10.0 Å². The second-order valence-corrected chi connectivity index (χ2v) is 6.53. The van der Waals surface area contributed by atoms with Crippen LogP contribution in [0.25, 0.3) is 0 Å². The second-order valence-electron chi connectivity index (χ2n) is 4.88. The van der Waals surface area contributed by atoms with Crippen molar-refractivity contribution in [3.05, 3.63) is 66.8 Å². The quantitative estimate of drug-likeness (QED) is 0.686. The summed E-state index contributed by atoms with van der Waals surface area (Å²) in [4.78, 5) is 10.8. The topological polar surface area (TPSA) is 87.3 Å². The number of halogens is 2. The van der Waals surface area contributed by atoms with Gasteiger partial charge in [0, 0.05) is 24.0 Å². The van der Waals surface area contributed by atoms with Crippen molar-refractivity contribution in [1.82, 2.24) is 5.32 Å². The molecule has 0 aromatic heterocycles. The maximum Gasteiger partial charge on any atom is 0.319 e. The molecule has 0 unspecified atom stereocenters. The summed E-state index contributed by atoms with van der Waals surface area (Å²) in [7, 11) is -4.21. The lowest BCUT2D eigenvalue weighted by Crippen LogP contribution is -2.28. The zero-order valence-electron chi connectivity index (χ0n) is 12.9. The molecule has 0 atom stereocenters. The van der Waals surface area contributed by atoms with E-state index >= 15 is 0 Å². The molecule has 0 aliphatic heterocycles. The third kappa shape index (κ3) is 5.01. The van der Waals surface area contributed by atoms with Gasteiger partial charge in [0.2, 0.25) is 0 Å². The van der Waals surface area contributed by atoms with Gasteiger partial charge in [-0.15, -0.1) is 6.58 Å². The Morgan fingerprint density at radius 1 is 1.08 bits per heavy atom. The van der Waals surface area contributed by atoms with E-state index in [2.05, 4.69) is 21.9 Å². The summed E-state index contributed by atoms with van der Waals surface area (Å²) in [5.41, 5.74) is 0.582. The number of nitrogens with one attached hydrogen (secondary N) is 3. The molecule has 9 heteroatoms. The molecule has 2 aromatic rings. The van der Waals surface area contributed by atoms with E-state index in [1.165, 1.54) is 30.3 Å². The highest BCUT2D eigenvalue weighted by Gasteiger charge is 2.19. The van der Waals surface area contributed by atoms with Gasteiger partial charge in [-0.05, 0) is 36.4 Å². The van der Waals surface area contributed by atoms with Crippen molar-refractivity contribution in [2.24, 2.45) is 0 Å². The normalized spacial score (nSPS) is 10.8. The smallest absolute Gasteiger partial charge is 0.319 e. The molecule has 6 nitrogen and oxygen atoms in total. The van der Waals surface area contributed by atoms with Crippen molar-refractivity contribution < 1.29 is 22.0 Å². The fourth-order valence-electron chi connectivity index (χ4n) is 1.87. The zero-order valence-corrected chi connectivity index (χ0v) is 13.7. The van der Waals surface area contributed by atoms with Crippen LogP contribution in [0.1, 0.15) is 0 Å². The van der Waals surface area contributed by atoms with Crippen molar-refractivity contribution in [3.63, 3.8) is 0 Å². The van der Waals surface area contributed by atoms with Crippen LogP contribution in [0, 0.1) is 11.6 Å².